The van der Waals surface area contributed by atoms with Gasteiger partial charge in [-0.05, 0) is 6.92 Å². The van der Waals surface area contributed by atoms with E-state index in [9.17, 15) is 4.39 Å². The molecule has 0 rings (SSSR count). The lowest BCUT2D eigenvalue weighted by atomic mass is 10.5. The highest BCUT2D eigenvalue weighted by atomic mass is 19.1. The van der Waals surface area contributed by atoms with Crippen molar-refractivity contribution in [2.24, 2.45) is 5.73 Å². The maximum atomic E-state index is 11.2. The van der Waals surface area contributed by atoms with Crippen molar-refractivity contribution in [1.82, 2.24) is 0 Å². The molecule has 0 aliphatic heterocycles. The van der Waals surface area contributed by atoms with Gasteiger partial charge in [-0.3, -0.25) is 0 Å². The molecule has 0 aromatic heterocycles. The van der Waals surface area contributed by atoms with Crippen molar-refractivity contribution in [2.45, 2.75) is 6.17 Å². The fourth-order valence-corrected chi connectivity index (χ4v) is 0. The van der Waals surface area contributed by atoms with Crippen LogP contribution in [-0.2, 0) is 0 Å². The number of nitrogens with two attached hydrogens (primary N) is 1. The monoisotopic (exact) mass is 76.1 g/mol. The molecule has 1 atom stereocenters. The Bertz CT molecular complexity index is 20.9. The SMILES string of the molecule is [CH2]C(F)CN. The molecule has 2 heteroatoms. The number of rotatable bonds is 1. The van der Waals surface area contributed by atoms with Gasteiger partial charge >= 0.3 is 0 Å². The summed E-state index contributed by atoms with van der Waals surface area (Å²) in [7, 11) is 0. The first-order valence-electron chi connectivity index (χ1n) is 1.44. The predicted molar refractivity (Wildman–Crippen MR) is 19.3 cm³/mol. The van der Waals surface area contributed by atoms with Crippen LogP contribution < -0.4 is 5.73 Å². The number of halogens is 1. The normalized spacial score (nSPS) is 15.0. The molecule has 0 saturated carbocycles. The van der Waals surface area contributed by atoms with Crippen LogP contribution in [0, 0.1) is 6.92 Å². The van der Waals surface area contributed by atoms with E-state index in [1.54, 1.807) is 0 Å². The van der Waals surface area contributed by atoms with Crippen LogP contribution in [0.1, 0.15) is 0 Å². The quantitative estimate of drug-likeness (QED) is 0.471. The zero-order valence-corrected chi connectivity index (χ0v) is 2.95. The molecule has 0 aliphatic rings. The van der Waals surface area contributed by atoms with E-state index in [-0.39, 0.29) is 6.54 Å². The van der Waals surface area contributed by atoms with Gasteiger partial charge in [0, 0.05) is 6.54 Å². The zero-order chi connectivity index (χ0) is 4.28. The topological polar surface area (TPSA) is 26.0 Å². The lowest BCUT2D eigenvalue weighted by Gasteiger charge is -1.86. The minimum atomic E-state index is -1.09. The Morgan fingerprint density at radius 3 is 2.20 bits per heavy atom. The zero-order valence-electron chi connectivity index (χ0n) is 2.95. The van der Waals surface area contributed by atoms with Crippen molar-refractivity contribution >= 4 is 0 Å². The Balaban J connectivity index is 2.54. The van der Waals surface area contributed by atoms with Gasteiger partial charge in [-0.1, -0.05) is 0 Å². The molecule has 5 heavy (non-hydrogen) atoms. The van der Waals surface area contributed by atoms with Crippen molar-refractivity contribution < 1.29 is 4.39 Å². The molecule has 0 saturated heterocycles. The highest BCUT2D eigenvalue weighted by Gasteiger charge is 1.85. The van der Waals surface area contributed by atoms with Crippen LogP contribution >= 0.6 is 0 Å². The van der Waals surface area contributed by atoms with Crippen LogP contribution in [0.3, 0.4) is 0 Å². The molecule has 2 N–H and O–H groups in total. The second-order valence-corrected chi connectivity index (χ2v) is 0.833. The fourth-order valence-electron chi connectivity index (χ4n) is 0. The van der Waals surface area contributed by atoms with Crippen LogP contribution in [-0.4, -0.2) is 12.7 Å². The van der Waals surface area contributed by atoms with Gasteiger partial charge < -0.3 is 5.73 Å². The van der Waals surface area contributed by atoms with E-state index in [0.717, 1.165) is 0 Å². The molecule has 0 amide bonds. The molecule has 0 heterocycles. The van der Waals surface area contributed by atoms with Crippen LogP contribution in [0.5, 0.6) is 0 Å². The minimum Gasteiger partial charge on any atom is -0.328 e. The summed E-state index contributed by atoms with van der Waals surface area (Å²) in [5, 5.41) is 0. The van der Waals surface area contributed by atoms with Crippen LogP contribution in [0.15, 0.2) is 0 Å². The summed E-state index contributed by atoms with van der Waals surface area (Å²) in [5.74, 6) is 0. The van der Waals surface area contributed by atoms with Gasteiger partial charge in [0.2, 0.25) is 0 Å². The van der Waals surface area contributed by atoms with Gasteiger partial charge in [0.25, 0.3) is 0 Å². The maximum absolute atomic E-state index is 11.2. The van der Waals surface area contributed by atoms with Gasteiger partial charge in [-0.25, -0.2) is 4.39 Å². The average Bonchev–Trinajstić information content (AvgIpc) is 1.38. The molecule has 0 bridgehead atoms. The molecule has 1 nitrogen and oxygen atoms in total. The minimum absolute atomic E-state index is 0.0278. The third-order valence-electron chi connectivity index (χ3n) is 0.256. The van der Waals surface area contributed by atoms with Crippen molar-refractivity contribution in [2.75, 3.05) is 6.54 Å². The number of hydrogen-bond donors (Lipinski definition) is 1. The molecule has 1 unspecified atom stereocenters. The summed E-state index contributed by atoms with van der Waals surface area (Å²) in [6.45, 7) is 2.99. The first kappa shape index (κ1) is 4.89. The Kier molecular flexibility index (Phi) is 2.10. The van der Waals surface area contributed by atoms with E-state index in [1.165, 1.54) is 0 Å². The first-order valence-corrected chi connectivity index (χ1v) is 1.44. The summed E-state index contributed by atoms with van der Waals surface area (Å²) >= 11 is 0. The number of alkyl halides is 1. The summed E-state index contributed by atoms with van der Waals surface area (Å²) in [6.07, 6.45) is -1.09. The first-order chi connectivity index (χ1) is 2.27. The second-order valence-electron chi connectivity index (χ2n) is 0.833. The Morgan fingerprint density at radius 1 is 2.00 bits per heavy atom. The van der Waals surface area contributed by atoms with Gasteiger partial charge in [0.05, 0.1) is 0 Å². The Morgan fingerprint density at radius 2 is 2.20 bits per heavy atom. The fraction of sp³-hybridized carbons (Fsp3) is 0.667. The van der Waals surface area contributed by atoms with Crippen LogP contribution in [0.25, 0.3) is 0 Å². The lowest BCUT2D eigenvalue weighted by Crippen LogP contribution is -2.10. The van der Waals surface area contributed by atoms with Crippen molar-refractivity contribution in [1.29, 1.82) is 0 Å². The predicted octanol–water partition coefficient (Wildman–Crippen LogP) is 0.117. The van der Waals surface area contributed by atoms with Crippen molar-refractivity contribution in [3.8, 4) is 0 Å². The largest absolute Gasteiger partial charge is 0.328 e. The molecular weight excluding hydrogens is 69.0 g/mol. The molecule has 0 aromatic carbocycles. The second kappa shape index (κ2) is 2.15. The van der Waals surface area contributed by atoms with Crippen molar-refractivity contribution in [3.63, 3.8) is 0 Å². The summed E-state index contributed by atoms with van der Waals surface area (Å²) in [6, 6.07) is 0. The summed E-state index contributed by atoms with van der Waals surface area (Å²) in [4.78, 5) is 0. The van der Waals surface area contributed by atoms with Crippen molar-refractivity contribution in [3.05, 3.63) is 6.92 Å². The van der Waals surface area contributed by atoms with E-state index >= 15 is 0 Å². The summed E-state index contributed by atoms with van der Waals surface area (Å²) in [5.41, 5.74) is 4.73. The highest BCUT2D eigenvalue weighted by Crippen LogP contribution is 1.76. The Labute approximate surface area is 31.0 Å². The summed E-state index contributed by atoms with van der Waals surface area (Å²) < 4.78 is 11.2. The van der Waals surface area contributed by atoms with Gasteiger partial charge in [-0.2, -0.15) is 0 Å². The maximum Gasteiger partial charge on any atom is 0.112 e. The third kappa shape index (κ3) is 3.89. The molecule has 1 radical (unpaired) electrons. The average molecular weight is 76.1 g/mol. The van der Waals surface area contributed by atoms with Gasteiger partial charge in [-0.15, -0.1) is 0 Å². The lowest BCUT2D eigenvalue weighted by molar-refractivity contribution is 0.405. The van der Waals surface area contributed by atoms with E-state index < -0.39 is 6.17 Å². The van der Waals surface area contributed by atoms with E-state index in [0.29, 0.717) is 0 Å². The van der Waals surface area contributed by atoms with E-state index in [2.05, 4.69) is 6.92 Å². The molecular formula is C3H7FN. The standard InChI is InChI=1S/C3H7FN/c1-3(4)2-5/h3H,1-2,5H2. The van der Waals surface area contributed by atoms with Crippen LogP contribution in [0.2, 0.25) is 0 Å². The number of hydrogen-bond acceptors (Lipinski definition) is 1. The molecule has 0 aliphatic carbocycles. The van der Waals surface area contributed by atoms with Crippen LogP contribution in [0.4, 0.5) is 4.39 Å². The molecule has 31 valence electrons. The van der Waals surface area contributed by atoms with Gasteiger partial charge in [0.1, 0.15) is 6.17 Å². The van der Waals surface area contributed by atoms with Gasteiger partial charge in [0.15, 0.2) is 0 Å². The Hall–Kier alpha value is -0.110. The smallest absolute Gasteiger partial charge is 0.112 e. The highest BCUT2D eigenvalue weighted by molar-refractivity contribution is 4.54. The third-order valence-corrected chi connectivity index (χ3v) is 0.256. The van der Waals surface area contributed by atoms with E-state index in [1.807, 2.05) is 0 Å². The molecule has 0 fully saturated rings. The molecule has 0 aromatic rings. The molecule has 0 spiro atoms. The van der Waals surface area contributed by atoms with E-state index in [4.69, 9.17) is 5.73 Å².